The summed E-state index contributed by atoms with van der Waals surface area (Å²) in [5.74, 6) is 0.0639. The van der Waals surface area contributed by atoms with Crippen LogP contribution in [0.25, 0.3) is 5.65 Å². The van der Waals surface area contributed by atoms with E-state index in [0.717, 1.165) is 12.2 Å². The molecule has 0 aromatic carbocycles. The van der Waals surface area contributed by atoms with Gasteiger partial charge in [0, 0.05) is 12.7 Å². The number of pyridine rings is 1. The van der Waals surface area contributed by atoms with Crippen LogP contribution in [0.4, 0.5) is 16.0 Å². The normalized spacial score (nSPS) is 11.0. The Kier molecular flexibility index (Phi) is 2.44. The van der Waals surface area contributed by atoms with Crippen LogP contribution < -0.4 is 5.32 Å². The highest BCUT2D eigenvalue weighted by atomic mass is 19.1. The van der Waals surface area contributed by atoms with Crippen molar-refractivity contribution in [1.29, 1.82) is 0 Å². The quantitative estimate of drug-likeness (QED) is 0.766. The number of halogens is 1. The van der Waals surface area contributed by atoms with Crippen LogP contribution in [0.3, 0.4) is 0 Å². The highest BCUT2D eigenvalue weighted by Crippen LogP contribution is 2.13. The Bertz CT molecular complexity index is 686. The molecule has 0 amide bonds. The van der Waals surface area contributed by atoms with Gasteiger partial charge in [-0.05, 0) is 19.1 Å². The van der Waals surface area contributed by atoms with Crippen molar-refractivity contribution in [1.82, 2.24) is 24.4 Å². The van der Waals surface area contributed by atoms with E-state index < -0.39 is 0 Å². The molecular formula is C11H11FN6. The van der Waals surface area contributed by atoms with E-state index in [1.807, 2.05) is 13.1 Å². The molecule has 0 aliphatic heterocycles. The lowest BCUT2D eigenvalue weighted by Gasteiger charge is -1.94. The van der Waals surface area contributed by atoms with E-state index in [9.17, 15) is 4.39 Å². The first-order valence-corrected chi connectivity index (χ1v) is 5.56. The molecule has 0 atom stereocenters. The minimum atomic E-state index is -0.349. The summed E-state index contributed by atoms with van der Waals surface area (Å²) in [4.78, 5) is 4.22. The minimum Gasteiger partial charge on any atom is -0.320 e. The molecule has 7 heteroatoms. The van der Waals surface area contributed by atoms with Gasteiger partial charge in [-0.2, -0.15) is 10.1 Å². The van der Waals surface area contributed by atoms with Gasteiger partial charge in [-0.1, -0.05) is 0 Å². The molecule has 3 aromatic rings. The van der Waals surface area contributed by atoms with Crippen molar-refractivity contribution >= 4 is 17.3 Å². The van der Waals surface area contributed by atoms with E-state index in [-0.39, 0.29) is 5.82 Å². The maximum absolute atomic E-state index is 13.0. The van der Waals surface area contributed by atoms with Crippen molar-refractivity contribution in [3.05, 3.63) is 36.5 Å². The topological polar surface area (TPSA) is 60.0 Å². The maximum atomic E-state index is 13.0. The first kappa shape index (κ1) is 10.7. The lowest BCUT2D eigenvalue weighted by Crippen LogP contribution is -1.94. The number of hydrogen-bond acceptors (Lipinski definition) is 4. The molecule has 0 saturated heterocycles. The predicted molar refractivity (Wildman–Crippen MR) is 64.1 cm³/mol. The fraction of sp³-hybridized carbons (Fsp3) is 0.182. The monoisotopic (exact) mass is 246 g/mol. The average Bonchev–Trinajstić information content (AvgIpc) is 2.95. The zero-order chi connectivity index (χ0) is 12.5. The van der Waals surface area contributed by atoms with Crippen molar-refractivity contribution in [2.24, 2.45) is 0 Å². The SMILES string of the molecule is CCn1cc(Nc2nc3ccc(F)cn3n2)cn1. The van der Waals surface area contributed by atoms with Gasteiger partial charge in [0.1, 0.15) is 5.82 Å². The van der Waals surface area contributed by atoms with Crippen LogP contribution in [-0.4, -0.2) is 24.4 Å². The number of fused-ring (bicyclic) bond motifs is 1. The summed E-state index contributed by atoms with van der Waals surface area (Å²) in [6.45, 7) is 2.80. The maximum Gasteiger partial charge on any atom is 0.247 e. The molecule has 18 heavy (non-hydrogen) atoms. The number of anilines is 2. The van der Waals surface area contributed by atoms with Gasteiger partial charge in [0.05, 0.1) is 18.1 Å². The second kappa shape index (κ2) is 4.10. The lowest BCUT2D eigenvalue weighted by molar-refractivity contribution is 0.615. The van der Waals surface area contributed by atoms with E-state index in [1.54, 1.807) is 16.9 Å². The van der Waals surface area contributed by atoms with Crippen molar-refractivity contribution in [3.63, 3.8) is 0 Å². The zero-order valence-corrected chi connectivity index (χ0v) is 9.71. The lowest BCUT2D eigenvalue weighted by atomic mass is 10.5. The summed E-state index contributed by atoms with van der Waals surface area (Å²) in [6.07, 6.45) is 4.82. The van der Waals surface area contributed by atoms with Crippen LogP contribution in [-0.2, 0) is 6.54 Å². The molecule has 1 N–H and O–H groups in total. The van der Waals surface area contributed by atoms with Crippen molar-refractivity contribution in [2.75, 3.05) is 5.32 Å². The van der Waals surface area contributed by atoms with E-state index >= 15 is 0 Å². The summed E-state index contributed by atoms with van der Waals surface area (Å²) in [5, 5.41) is 11.3. The first-order chi connectivity index (χ1) is 8.74. The Morgan fingerprint density at radius 2 is 2.22 bits per heavy atom. The van der Waals surface area contributed by atoms with Crippen LogP contribution in [0.1, 0.15) is 6.92 Å². The Morgan fingerprint density at radius 1 is 1.33 bits per heavy atom. The van der Waals surface area contributed by atoms with Crippen LogP contribution in [0.15, 0.2) is 30.7 Å². The van der Waals surface area contributed by atoms with Gasteiger partial charge in [0.25, 0.3) is 0 Å². The van der Waals surface area contributed by atoms with Crippen molar-refractivity contribution < 1.29 is 4.39 Å². The number of nitrogens with one attached hydrogen (secondary N) is 1. The summed E-state index contributed by atoms with van der Waals surface area (Å²) in [5.41, 5.74) is 1.38. The number of rotatable bonds is 3. The molecule has 3 rings (SSSR count). The fourth-order valence-electron chi connectivity index (χ4n) is 1.64. The Labute approximate surface area is 102 Å². The van der Waals surface area contributed by atoms with Crippen LogP contribution >= 0.6 is 0 Å². The van der Waals surface area contributed by atoms with Gasteiger partial charge < -0.3 is 5.32 Å². The van der Waals surface area contributed by atoms with Crippen molar-refractivity contribution in [2.45, 2.75) is 13.5 Å². The van der Waals surface area contributed by atoms with E-state index in [4.69, 9.17) is 0 Å². The third-order valence-corrected chi connectivity index (χ3v) is 2.51. The molecule has 0 radical (unpaired) electrons. The average molecular weight is 246 g/mol. The largest absolute Gasteiger partial charge is 0.320 e. The highest BCUT2D eigenvalue weighted by molar-refractivity contribution is 5.53. The molecule has 0 saturated carbocycles. The molecule has 0 aliphatic carbocycles. The third-order valence-electron chi connectivity index (χ3n) is 2.51. The Hall–Kier alpha value is -2.44. The number of nitrogens with zero attached hydrogens (tertiary/aromatic N) is 5. The summed E-state index contributed by atoms with van der Waals surface area (Å²) in [7, 11) is 0. The van der Waals surface area contributed by atoms with Crippen molar-refractivity contribution in [3.8, 4) is 0 Å². The summed E-state index contributed by atoms with van der Waals surface area (Å²) < 4.78 is 16.2. The number of aryl methyl sites for hydroxylation is 1. The molecule has 0 fully saturated rings. The Morgan fingerprint density at radius 3 is 3.00 bits per heavy atom. The molecule has 0 unspecified atom stereocenters. The predicted octanol–water partition coefficient (Wildman–Crippen LogP) is 1.83. The highest BCUT2D eigenvalue weighted by Gasteiger charge is 2.05. The van der Waals surface area contributed by atoms with Crippen LogP contribution in [0.5, 0.6) is 0 Å². The van der Waals surface area contributed by atoms with Crippen LogP contribution in [0.2, 0.25) is 0 Å². The van der Waals surface area contributed by atoms with E-state index in [1.165, 1.54) is 16.8 Å². The summed E-state index contributed by atoms with van der Waals surface area (Å²) >= 11 is 0. The van der Waals surface area contributed by atoms with Gasteiger partial charge in [-0.3, -0.25) is 4.68 Å². The zero-order valence-electron chi connectivity index (χ0n) is 9.71. The van der Waals surface area contributed by atoms with Gasteiger partial charge >= 0.3 is 0 Å². The second-order valence-corrected chi connectivity index (χ2v) is 3.80. The number of hydrogen-bond donors (Lipinski definition) is 1. The molecule has 6 nitrogen and oxygen atoms in total. The van der Waals surface area contributed by atoms with Gasteiger partial charge in [0.15, 0.2) is 5.65 Å². The molecule has 3 heterocycles. The number of aromatic nitrogens is 5. The fourth-order valence-corrected chi connectivity index (χ4v) is 1.64. The first-order valence-electron chi connectivity index (χ1n) is 5.56. The standard InChI is InChI=1S/C11H11FN6/c1-2-17-7-9(5-13-17)14-11-15-10-4-3-8(12)6-18(10)16-11/h3-7H,2H2,1H3,(H,14,16). The third kappa shape index (κ3) is 1.90. The molecule has 92 valence electrons. The molecule has 0 bridgehead atoms. The smallest absolute Gasteiger partial charge is 0.247 e. The van der Waals surface area contributed by atoms with Gasteiger partial charge in [0.2, 0.25) is 5.95 Å². The van der Waals surface area contributed by atoms with E-state index in [2.05, 4.69) is 20.5 Å². The van der Waals surface area contributed by atoms with Crippen LogP contribution in [0, 0.1) is 5.82 Å². The molecule has 0 aliphatic rings. The summed E-state index contributed by atoms with van der Waals surface area (Å²) in [6, 6.07) is 2.92. The minimum absolute atomic E-state index is 0.349. The molecular weight excluding hydrogens is 235 g/mol. The second-order valence-electron chi connectivity index (χ2n) is 3.80. The van der Waals surface area contributed by atoms with Gasteiger partial charge in [-0.15, -0.1) is 5.10 Å². The molecule has 3 aromatic heterocycles. The Balaban J connectivity index is 1.90. The molecule has 0 spiro atoms. The van der Waals surface area contributed by atoms with Gasteiger partial charge in [-0.25, -0.2) is 8.91 Å². The van der Waals surface area contributed by atoms with E-state index in [0.29, 0.717) is 11.6 Å².